The molecule has 1 aliphatic rings. The van der Waals surface area contributed by atoms with Crippen LogP contribution in [0.5, 0.6) is 0 Å². The van der Waals surface area contributed by atoms with Crippen molar-refractivity contribution in [2.24, 2.45) is 11.8 Å². The van der Waals surface area contributed by atoms with Crippen LogP contribution in [0.2, 0.25) is 0 Å². The summed E-state index contributed by atoms with van der Waals surface area (Å²) in [5, 5.41) is 0. The molecule has 0 spiro atoms. The molecule has 0 aromatic heterocycles. The Morgan fingerprint density at radius 3 is 2.25 bits per heavy atom. The van der Waals surface area contributed by atoms with Crippen LogP contribution in [-0.4, -0.2) is 24.5 Å². The summed E-state index contributed by atoms with van der Waals surface area (Å²) in [5.41, 5.74) is 2.04. The maximum atomic E-state index is 12.4. The van der Waals surface area contributed by atoms with Crippen molar-refractivity contribution >= 4 is 23.2 Å². The van der Waals surface area contributed by atoms with E-state index in [0.717, 1.165) is 5.69 Å². The summed E-state index contributed by atoms with van der Waals surface area (Å²) in [6.45, 7) is 5.35. The van der Waals surface area contributed by atoms with E-state index in [1.807, 2.05) is 44.2 Å². The Morgan fingerprint density at radius 1 is 1.04 bits per heavy atom. The number of amides is 1. The van der Waals surface area contributed by atoms with Crippen LogP contribution in [0.3, 0.4) is 0 Å². The minimum Gasteiger partial charge on any atom is -0.316 e. The van der Waals surface area contributed by atoms with Crippen molar-refractivity contribution < 1.29 is 14.4 Å². The highest BCUT2D eigenvalue weighted by Crippen LogP contribution is 2.31. The third-order valence-electron chi connectivity index (χ3n) is 5.03. The van der Waals surface area contributed by atoms with E-state index >= 15 is 0 Å². The Kier molecular flexibility index (Phi) is 5.71. The number of rotatable bonds is 5. The summed E-state index contributed by atoms with van der Waals surface area (Å²) in [5.74, 6) is -0.380. The number of carbonyl (C=O) groups is 3. The second kappa shape index (κ2) is 7.56. The van der Waals surface area contributed by atoms with Gasteiger partial charge in [0.2, 0.25) is 5.91 Å². The SMILES string of the molecule is CC1=C(CCCC(=O)N(C)c2ccccc2)C(=O)C(C)C(C)C1=O. The maximum absolute atomic E-state index is 12.4. The smallest absolute Gasteiger partial charge is 0.226 e. The van der Waals surface area contributed by atoms with Crippen LogP contribution in [0.4, 0.5) is 5.69 Å². The zero-order chi connectivity index (χ0) is 17.9. The molecule has 1 aromatic rings. The lowest BCUT2D eigenvalue weighted by Crippen LogP contribution is -2.34. The minimum absolute atomic E-state index is 0.00968. The number of ketones is 2. The highest BCUT2D eigenvalue weighted by molar-refractivity contribution is 6.13. The van der Waals surface area contributed by atoms with E-state index in [1.165, 1.54) is 0 Å². The zero-order valence-electron chi connectivity index (χ0n) is 14.8. The van der Waals surface area contributed by atoms with E-state index in [4.69, 9.17) is 0 Å². The molecule has 0 N–H and O–H groups in total. The molecule has 0 bridgehead atoms. The molecular formula is C20H25NO3. The van der Waals surface area contributed by atoms with E-state index < -0.39 is 0 Å². The molecule has 4 heteroatoms. The number of nitrogens with zero attached hydrogens (tertiary/aromatic N) is 1. The Bertz CT molecular complexity index is 675. The molecule has 0 heterocycles. The van der Waals surface area contributed by atoms with Gasteiger partial charge >= 0.3 is 0 Å². The third kappa shape index (κ3) is 3.64. The second-order valence-electron chi connectivity index (χ2n) is 6.55. The van der Waals surface area contributed by atoms with Gasteiger partial charge in [0.15, 0.2) is 11.6 Å². The average molecular weight is 327 g/mol. The van der Waals surface area contributed by atoms with E-state index in [2.05, 4.69) is 0 Å². The van der Waals surface area contributed by atoms with Crippen LogP contribution in [0.25, 0.3) is 0 Å². The molecule has 4 nitrogen and oxygen atoms in total. The first-order valence-corrected chi connectivity index (χ1v) is 8.44. The predicted molar refractivity (Wildman–Crippen MR) is 94.7 cm³/mol. The van der Waals surface area contributed by atoms with Gasteiger partial charge in [-0.2, -0.15) is 0 Å². The molecule has 24 heavy (non-hydrogen) atoms. The van der Waals surface area contributed by atoms with Gasteiger partial charge in [-0.1, -0.05) is 32.0 Å². The van der Waals surface area contributed by atoms with E-state index in [9.17, 15) is 14.4 Å². The van der Waals surface area contributed by atoms with Gasteiger partial charge in [0.1, 0.15) is 0 Å². The van der Waals surface area contributed by atoms with Crippen LogP contribution in [0.1, 0.15) is 40.0 Å². The number of hydrogen-bond donors (Lipinski definition) is 0. The number of carbonyl (C=O) groups excluding carboxylic acids is 3. The average Bonchev–Trinajstić information content (AvgIpc) is 2.61. The molecule has 0 saturated carbocycles. The molecule has 2 rings (SSSR count). The summed E-state index contributed by atoms with van der Waals surface area (Å²) in [4.78, 5) is 38.5. The summed E-state index contributed by atoms with van der Waals surface area (Å²) in [7, 11) is 1.75. The first kappa shape index (κ1) is 18.1. The van der Waals surface area contributed by atoms with Gasteiger partial charge in [0, 0.05) is 36.6 Å². The molecule has 2 unspecified atom stereocenters. The maximum Gasteiger partial charge on any atom is 0.226 e. The number of allylic oxidation sites excluding steroid dienone is 2. The lowest BCUT2D eigenvalue weighted by Gasteiger charge is -2.26. The molecule has 1 aromatic carbocycles. The van der Waals surface area contributed by atoms with Gasteiger partial charge in [0.05, 0.1) is 0 Å². The monoisotopic (exact) mass is 327 g/mol. The van der Waals surface area contributed by atoms with Gasteiger partial charge in [0.25, 0.3) is 0 Å². The molecular weight excluding hydrogens is 302 g/mol. The van der Waals surface area contributed by atoms with Crippen molar-refractivity contribution in [3.63, 3.8) is 0 Å². The summed E-state index contributed by atoms with van der Waals surface area (Å²) >= 11 is 0. The third-order valence-corrected chi connectivity index (χ3v) is 5.03. The van der Waals surface area contributed by atoms with Crippen molar-refractivity contribution in [3.8, 4) is 0 Å². The van der Waals surface area contributed by atoms with E-state index in [1.54, 1.807) is 18.9 Å². The van der Waals surface area contributed by atoms with Crippen LogP contribution in [0, 0.1) is 11.8 Å². The molecule has 128 valence electrons. The fourth-order valence-electron chi connectivity index (χ4n) is 3.09. The van der Waals surface area contributed by atoms with Crippen molar-refractivity contribution in [2.75, 3.05) is 11.9 Å². The Morgan fingerprint density at radius 2 is 1.62 bits per heavy atom. The van der Waals surface area contributed by atoms with Crippen molar-refractivity contribution in [3.05, 3.63) is 41.5 Å². The largest absolute Gasteiger partial charge is 0.316 e. The summed E-state index contributed by atoms with van der Waals surface area (Å²) in [6, 6.07) is 9.46. The lowest BCUT2D eigenvalue weighted by molar-refractivity contribution is -0.129. The molecule has 1 amide bonds. The van der Waals surface area contributed by atoms with Crippen LogP contribution in [-0.2, 0) is 14.4 Å². The number of benzene rings is 1. The topological polar surface area (TPSA) is 54.5 Å². The molecule has 1 aliphatic carbocycles. The summed E-state index contributed by atoms with van der Waals surface area (Å²) in [6.07, 6.45) is 1.41. The Hall–Kier alpha value is -2.23. The van der Waals surface area contributed by atoms with Crippen molar-refractivity contribution in [2.45, 2.75) is 40.0 Å². The molecule has 0 aliphatic heterocycles. The normalized spacial score (nSPS) is 21.2. The molecule has 2 atom stereocenters. The van der Waals surface area contributed by atoms with Crippen LogP contribution < -0.4 is 4.90 Å². The summed E-state index contributed by atoms with van der Waals surface area (Å²) < 4.78 is 0. The number of anilines is 1. The van der Waals surface area contributed by atoms with Crippen molar-refractivity contribution in [1.82, 2.24) is 0 Å². The first-order valence-electron chi connectivity index (χ1n) is 8.44. The van der Waals surface area contributed by atoms with E-state index in [0.29, 0.717) is 30.4 Å². The van der Waals surface area contributed by atoms with Gasteiger partial charge in [-0.3, -0.25) is 14.4 Å². The molecule has 0 fully saturated rings. The highest BCUT2D eigenvalue weighted by Gasteiger charge is 2.35. The fraction of sp³-hybridized carbons (Fsp3) is 0.450. The number of hydrogen-bond acceptors (Lipinski definition) is 3. The van der Waals surface area contributed by atoms with E-state index in [-0.39, 0.29) is 29.3 Å². The standard InChI is InChI=1S/C20H25NO3/c1-13-14(2)20(24)17(15(3)19(13)23)11-8-12-18(22)21(4)16-9-6-5-7-10-16/h5-7,9-10,13-14H,8,11-12H2,1-4H3. The van der Waals surface area contributed by atoms with Gasteiger partial charge in [-0.25, -0.2) is 0 Å². The lowest BCUT2D eigenvalue weighted by atomic mass is 9.75. The van der Waals surface area contributed by atoms with Gasteiger partial charge < -0.3 is 4.90 Å². The van der Waals surface area contributed by atoms with Crippen molar-refractivity contribution in [1.29, 1.82) is 0 Å². The second-order valence-corrected chi connectivity index (χ2v) is 6.55. The van der Waals surface area contributed by atoms with Crippen LogP contribution >= 0.6 is 0 Å². The molecule has 0 saturated heterocycles. The first-order chi connectivity index (χ1) is 11.3. The minimum atomic E-state index is -0.265. The fourth-order valence-corrected chi connectivity index (χ4v) is 3.09. The molecule has 0 radical (unpaired) electrons. The number of para-hydroxylation sites is 1. The quantitative estimate of drug-likeness (QED) is 0.831. The Balaban J connectivity index is 1.97. The van der Waals surface area contributed by atoms with Gasteiger partial charge in [-0.15, -0.1) is 0 Å². The predicted octanol–water partition coefficient (Wildman–Crippen LogP) is 3.56. The highest BCUT2D eigenvalue weighted by atomic mass is 16.2. The zero-order valence-corrected chi connectivity index (χ0v) is 14.8. The van der Waals surface area contributed by atoms with Crippen LogP contribution in [0.15, 0.2) is 41.5 Å². The number of Topliss-reactive ketones (excluding diaryl/α,β-unsaturated/α-hetero) is 2. The Labute approximate surface area is 143 Å². The van der Waals surface area contributed by atoms with Gasteiger partial charge in [-0.05, 0) is 37.5 Å².